The average Bonchev–Trinajstić information content (AvgIpc) is 2.75. The summed E-state index contributed by atoms with van der Waals surface area (Å²) in [6.07, 6.45) is -0.345. The SMILES string of the molecule is Cc1ncsc1CN(C)C(=O)[C@@H]1CNCCO1. The third-order valence-electron chi connectivity index (χ3n) is 2.80. The highest BCUT2D eigenvalue weighted by molar-refractivity contribution is 7.09. The molecule has 1 saturated heterocycles. The monoisotopic (exact) mass is 255 g/mol. The van der Waals surface area contributed by atoms with E-state index >= 15 is 0 Å². The van der Waals surface area contributed by atoms with E-state index in [4.69, 9.17) is 4.74 Å². The van der Waals surface area contributed by atoms with Gasteiger partial charge in [-0.2, -0.15) is 0 Å². The molecule has 94 valence electrons. The van der Waals surface area contributed by atoms with Crippen LogP contribution < -0.4 is 5.32 Å². The van der Waals surface area contributed by atoms with Crippen LogP contribution in [-0.2, 0) is 16.1 Å². The largest absolute Gasteiger partial charge is 0.366 e. The standard InChI is InChI=1S/C11H17N3O2S/c1-8-10(17-7-13-8)6-14(2)11(15)9-5-12-3-4-16-9/h7,9,12H,3-6H2,1-2H3/t9-/m0/s1. The molecule has 0 saturated carbocycles. The normalized spacial score (nSPS) is 20.2. The number of nitrogens with one attached hydrogen (secondary N) is 1. The molecule has 0 bridgehead atoms. The number of aryl methyl sites for hydroxylation is 1. The van der Waals surface area contributed by atoms with E-state index < -0.39 is 0 Å². The zero-order valence-electron chi connectivity index (χ0n) is 10.1. The Morgan fingerprint density at radius 3 is 3.18 bits per heavy atom. The molecule has 1 aliphatic heterocycles. The summed E-state index contributed by atoms with van der Waals surface area (Å²) in [7, 11) is 1.81. The smallest absolute Gasteiger partial charge is 0.253 e. The van der Waals surface area contributed by atoms with E-state index in [0.29, 0.717) is 19.7 Å². The summed E-state index contributed by atoms with van der Waals surface area (Å²) < 4.78 is 5.44. The minimum absolute atomic E-state index is 0.0324. The summed E-state index contributed by atoms with van der Waals surface area (Å²) in [4.78, 5) is 19.1. The van der Waals surface area contributed by atoms with Gasteiger partial charge in [-0.1, -0.05) is 0 Å². The van der Waals surface area contributed by atoms with Crippen molar-refractivity contribution in [2.45, 2.75) is 19.6 Å². The van der Waals surface area contributed by atoms with Gasteiger partial charge in [-0.3, -0.25) is 4.79 Å². The number of hydrogen-bond donors (Lipinski definition) is 1. The Balaban J connectivity index is 1.93. The molecule has 1 atom stereocenters. The van der Waals surface area contributed by atoms with Gasteiger partial charge in [0.25, 0.3) is 5.91 Å². The molecule has 17 heavy (non-hydrogen) atoms. The fourth-order valence-electron chi connectivity index (χ4n) is 1.74. The van der Waals surface area contributed by atoms with E-state index in [1.54, 1.807) is 23.3 Å². The minimum atomic E-state index is -0.345. The highest BCUT2D eigenvalue weighted by Gasteiger charge is 2.25. The lowest BCUT2D eigenvalue weighted by Crippen LogP contribution is -2.48. The maximum absolute atomic E-state index is 12.1. The molecular formula is C11H17N3O2S. The van der Waals surface area contributed by atoms with Gasteiger partial charge in [0.1, 0.15) is 6.10 Å². The van der Waals surface area contributed by atoms with Gasteiger partial charge < -0.3 is 15.0 Å². The molecular weight excluding hydrogens is 238 g/mol. The molecule has 1 fully saturated rings. The molecule has 1 aliphatic rings. The van der Waals surface area contributed by atoms with Gasteiger partial charge in [0.05, 0.1) is 24.4 Å². The van der Waals surface area contributed by atoms with Crippen LogP contribution in [0.4, 0.5) is 0 Å². The first-order valence-corrected chi connectivity index (χ1v) is 6.52. The highest BCUT2D eigenvalue weighted by Crippen LogP contribution is 2.15. The number of aromatic nitrogens is 1. The first kappa shape index (κ1) is 12.5. The Hall–Kier alpha value is -0.980. The average molecular weight is 255 g/mol. The van der Waals surface area contributed by atoms with E-state index in [1.807, 2.05) is 12.4 Å². The van der Waals surface area contributed by atoms with Crippen molar-refractivity contribution in [3.63, 3.8) is 0 Å². The molecule has 1 aromatic heterocycles. The number of likely N-dealkylation sites (N-methyl/N-ethyl adjacent to an activating group) is 1. The molecule has 0 aromatic carbocycles. The second kappa shape index (κ2) is 5.57. The van der Waals surface area contributed by atoms with Crippen LogP contribution in [0.25, 0.3) is 0 Å². The van der Waals surface area contributed by atoms with Gasteiger partial charge in [-0.25, -0.2) is 4.98 Å². The van der Waals surface area contributed by atoms with Crippen molar-refractivity contribution in [2.24, 2.45) is 0 Å². The molecule has 2 heterocycles. The summed E-state index contributed by atoms with van der Waals surface area (Å²) in [5.41, 5.74) is 2.80. The molecule has 0 spiro atoms. The number of hydrogen-bond acceptors (Lipinski definition) is 5. The number of nitrogens with zero attached hydrogens (tertiary/aromatic N) is 2. The topological polar surface area (TPSA) is 54.5 Å². The molecule has 6 heteroatoms. The van der Waals surface area contributed by atoms with Gasteiger partial charge in [0.15, 0.2) is 0 Å². The van der Waals surface area contributed by atoms with Crippen LogP contribution >= 0.6 is 11.3 Å². The van der Waals surface area contributed by atoms with Crippen LogP contribution in [0.2, 0.25) is 0 Å². The summed E-state index contributed by atoms with van der Waals surface area (Å²) in [6, 6.07) is 0. The minimum Gasteiger partial charge on any atom is -0.366 e. The summed E-state index contributed by atoms with van der Waals surface area (Å²) in [5.74, 6) is 0.0324. The number of rotatable bonds is 3. The van der Waals surface area contributed by atoms with Crippen LogP contribution in [0.3, 0.4) is 0 Å². The number of carbonyl (C=O) groups is 1. The first-order valence-electron chi connectivity index (χ1n) is 5.64. The van der Waals surface area contributed by atoms with Crippen LogP contribution in [0.15, 0.2) is 5.51 Å². The van der Waals surface area contributed by atoms with Gasteiger partial charge in [-0.15, -0.1) is 11.3 Å². The van der Waals surface area contributed by atoms with Crippen molar-refractivity contribution < 1.29 is 9.53 Å². The predicted molar refractivity (Wildman–Crippen MR) is 65.9 cm³/mol. The van der Waals surface area contributed by atoms with Crippen LogP contribution in [0.1, 0.15) is 10.6 Å². The quantitative estimate of drug-likeness (QED) is 0.849. The third-order valence-corrected chi connectivity index (χ3v) is 3.72. The number of ether oxygens (including phenoxy) is 1. The Kier molecular flexibility index (Phi) is 4.09. The Labute approximate surface area is 105 Å². The molecule has 1 amide bonds. The third kappa shape index (κ3) is 3.02. The van der Waals surface area contributed by atoms with Crippen LogP contribution in [0, 0.1) is 6.92 Å². The lowest BCUT2D eigenvalue weighted by Gasteiger charge is -2.27. The van der Waals surface area contributed by atoms with E-state index in [-0.39, 0.29) is 12.0 Å². The van der Waals surface area contributed by atoms with Gasteiger partial charge >= 0.3 is 0 Å². The Morgan fingerprint density at radius 2 is 2.59 bits per heavy atom. The predicted octanol–water partition coefficient (Wildman–Crippen LogP) is 0.398. The second-order valence-corrected chi connectivity index (χ2v) is 5.06. The van der Waals surface area contributed by atoms with Crippen molar-refractivity contribution in [1.82, 2.24) is 15.2 Å². The molecule has 2 rings (SSSR count). The molecule has 0 aliphatic carbocycles. The van der Waals surface area contributed by atoms with E-state index in [0.717, 1.165) is 17.1 Å². The lowest BCUT2D eigenvalue weighted by atomic mass is 10.2. The van der Waals surface area contributed by atoms with Gasteiger partial charge in [0, 0.05) is 25.0 Å². The zero-order valence-corrected chi connectivity index (χ0v) is 10.9. The Morgan fingerprint density at radius 1 is 1.76 bits per heavy atom. The van der Waals surface area contributed by atoms with Crippen LogP contribution in [-0.4, -0.2) is 48.6 Å². The maximum Gasteiger partial charge on any atom is 0.253 e. The number of morpholine rings is 1. The van der Waals surface area contributed by atoms with Crippen molar-refractivity contribution in [2.75, 3.05) is 26.7 Å². The second-order valence-electron chi connectivity index (χ2n) is 4.12. The number of carbonyl (C=O) groups excluding carboxylic acids is 1. The summed E-state index contributed by atoms with van der Waals surface area (Å²) >= 11 is 1.58. The van der Waals surface area contributed by atoms with Crippen molar-refractivity contribution >= 4 is 17.2 Å². The van der Waals surface area contributed by atoms with E-state index in [2.05, 4.69) is 10.3 Å². The maximum atomic E-state index is 12.1. The molecule has 1 N–H and O–H groups in total. The fraction of sp³-hybridized carbons (Fsp3) is 0.636. The van der Waals surface area contributed by atoms with Crippen molar-refractivity contribution in [3.8, 4) is 0 Å². The van der Waals surface area contributed by atoms with Crippen molar-refractivity contribution in [3.05, 3.63) is 16.1 Å². The lowest BCUT2D eigenvalue weighted by molar-refractivity contribution is -0.144. The number of amides is 1. The van der Waals surface area contributed by atoms with E-state index in [1.165, 1.54) is 0 Å². The van der Waals surface area contributed by atoms with Gasteiger partial charge in [0.2, 0.25) is 0 Å². The molecule has 5 nitrogen and oxygen atoms in total. The summed E-state index contributed by atoms with van der Waals surface area (Å²) in [5, 5.41) is 3.16. The zero-order chi connectivity index (χ0) is 12.3. The first-order chi connectivity index (χ1) is 8.18. The summed E-state index contributed by atoms with van der Waals surface area (Å²) in [6.45, 7) is 4.59. The van der Waals surface area contributed by atoms with Gasteiger partial charge in [-0.05, 0) is 6.92 Å². The molecule has 0 radical (unpaired) electrons. The molecule has 1 aromatic rings. The highest BCUT2D eigenvalue weighted by atomic mass is 32.1. The Bertz CT molecular complexity index is 388. The molecule has 0 unspecified atom stereocenters. The fourth-order valence-corrected chi connectivity index (χ4v) is 2.57. The number of thiazole rings is 1. The van der Waals surface area contributed by atoms with Crippen LogP contribution in [0.5, 0.6) is 0 Å². The van der Waals surface area contributed by atoms with Crippen molar-refractivity contribution in [1.29, 1.82) is 0 Å². The van der Waals surface area contributed by atoms with E-state index in [9.17, 15) is 4.79 Å².